The molecule has 20 heavy (non-hydrogen) atoms. The fourth-order valence-corrected chi connectivity index (χ4v) is 2.22. The standard InChI is InChI=1S/C14H22N2O4/c1-17-12-5-4-11(13(18-2)14(12)19-3)10-15-16-6-8-20-9-7-16/h4-5,15H,6-10H2,1-3H3. The predicted octanol–water partition coefficient (Wildman–Crippen LogP) is 1.05. The summed E-state index contributed by atoms with van der Waals surface area (Å²) in [5.74, 6) is 1.99. The van der Waals surface area contributed by atoms with Gasteiger partial charge in [0.05, 0.1) is 34.5 Å². The first-order valence-corrected chi connectivity index (χ1v) is 6.64. The third-order valence-corrected chi connectivity index (χ3v) is 3.29. The Morgan fingerprint density at radius 1 is 1.05 bits per heavy atom. The zero-order valence-electron chi connectivity index (χ0n) is 12.3. The highest BCUT2D eigenvalue weighted by Gasteiger charge is 2.17. The molecule has 1 aliphatic rings. The minimum Gasteiger partial charge on any atom is -0.493 e. The second kappa shape index (κ2) is 7.33. The van der Waals surface area contributed by atoms with Crippen LogP contribution in [0.25, 0.3) is 0 Å². The number of benzene rings is 1. The summed E-state index contributed by atoms with van der Waals surface area (Å²) < 4.78 is 21.4. The highest BCUT2D eigenvalue weighted by Crippen LogP contribution is 2.39. The number of morpholine rings is 1. The van der Waals surface area contributed by atoms with Gasteiger partial charge >= 0.3 is 0 Å². The molecule has 1 aromatic rings. The normalized spacial score (nSPS) is 15.9. The van der Waals surface area contributed by atoms with E-state index in [0.717, 1.165) is 31.9 Å². The summed E-state index contributed by atoms with van der Waals surface area (Å²) in [5, 5.41) is 2.15. The van der Waals surface area contributed by atoms with Gasteiger partial charge in [-0.2, -0.15) is 0 Å². The SMILES string of the molecule is COc1ccc(CNN2CCOCC2)c(OC)c1OC. The number of nitrogens with zero attached hydrogens (tertiary/aromatic N) is 1. The molecule has 1 saturated heterocycles. The van der Waals surface area contributed by atoms with Crippen molar-refractivity contribution in [2.75, 3.05) is 47.6 Å². The highest BCUT2D eigenvalue weighted by atomic mass is 16.5. The van der Waals surface area contributed by atoms with E-state index in [1.807, 2.05) is 12.1 Å². The van der Waals surface area contributed by atoms with Crippen molar-refractivity contribution in [3.05, 3.63) is 17.7 Å². The molecule has 0 aliphatic carbocycles. The van der Waals surface area contributed by atoms with E-state index in [0.29, 0.717) is 23.8 Å². The third kappa shape index (κ3) is 3.33. The lowest BCUT2D eigenvalue weighted by Gasteiger charge is -2.27. The Morgan fingerprint density at radius 3 is 2.35 bits per heavy atom. The van der Waals surface area contributed by atoms with E-state index in [4.69, 9.17) is 18.9 Å². The van der Waals surface area contributed by atoms with Crippen molar-refractivity contribution in [2.45, 2.75) is 6.54 Å². The zero-order chi connectivity index (χ0) is 14.4. The van der Waals surface area contributed by atoms with Crippen LogP contribution in [0, 0.1) is 0 Å². The number of hydrogen-bond donors (Lipinski definition) is 1. The van der Waals surface area contributed by atoms with Crippen molar-refractivity contribution in [2.24, 2.45) is 0 Å². The van der Waals surface area contributed by atoms with Crippen LogP contribution < -0.4 is 19.6 Å². The lowest BCUT2D eigenvalue weighted by atomic mass is 10.1. The summed E-state index contributed by atoms with van der Waals surface area (Å²) >= 11 is 0. The van der Waals surface area contributed by atoms with Crippen LogP contribution in [-0.4, -0.2) is 52.6 Å². The Balaban J connectivity index is 2.10. The van der Waals surface area contributed by atoms with Gasteiger partial charge in [-0.05, 0) is 6.07 Å². The topological polar surface area (TPSA) is 52.2 Å². The second-order valence-electron chi connectivity index (χ2n) is 4.43. The van der Waals surface area contributed by atoms with Gasteiger partial charge in [0.2, 0.25) is 5.75 Å². The first-order valence-electron chi connectivity index (χ1n) is 6.64. The van der Waals surface area contributed by atoms with E-state index < -0.39 is 0 Å². The van der Waals surface area contributed by atoms with E-state index in [1.54, 1.807) is 21.3 Å². The molecule has 6 heteroatoms. The Labute approximate surface area is 119 Å². The van der Waals surface area contributed by atoms with Crippen molar-refractivity contribution in [1.29, 1.82) is 0 Å². The number of hydrogen-bond acceptors (Lipinski definition) is 6. The largest absolute Gasteiger partial charge is 0.493 e. The molecule has 1 aromatic carbocycles. The zero-order valence-corrected chi connectivity index (χ0v) is 12.3. The van der Waals surface area contributed by atoms with Crippen molar-refractivity contribution in [1.82, 2.24) is 10.4 Å². The van der Waals surface area contributed by atoms with Crippen molar-refractivity contribution < 1.29 is 18.9 Å². The predicted molar refractivity (Wildman–Crippen MR) is 75.3 cm³/mol. The molecule has 1 fully saturated rings. The van der Waals surface area contributed by atoms with Crippen molar-refractivity contribution in [3.63, 3.8) is 0 Å². The maximum absolute atomic E-state index is 5.46. The number of hydrazine groups is 1. The smallest absolute Gasteiger partial charge is 0.203 e. The van der Waals surface area contributed by atoms with Gasteiger partial charge in [0.25, 0.3) is 0 Å². The quantitative estimate of drug-likeness (QED) is 0.841. The van der Waals surface area contributed by atoms with Gasteiger partial charge in [0.1, 0.15) is 0 Å². The van der Waals surface area contributed by atoms with Gasteiger partial charge in [-0.25, -0.2) is 5.01 Å². The molecule has 1 aliphatic heterocycles. The average molecular weight is 282 g/mol. The Bertz CT molecular complexity index is 433. The van der Waals surface area contributed by atoms with Crippen LogP contribution in [0.5, 0.6) is 17.2 Å². The molecule has 2 rings (SSSR count). The van der Waals surface area contributed by atoms with Crippen LogP contribution in [0.1, 0.15) is 5.56 Å². The maximum Gasteiger partial charge on any atom is 0.203 e. The highest BCUT2D eigenvalue weighted by molar-refractivity contribution is 5.55. The molecular formula is C14H22N2O4. The van der Waals surface area contributed by atoms with Crippen LogP contribution in [0.3, 0.4) is 0 Å². The van der Waals surface area contributed by atoms with Gasteiger partial charge < -0.3 is 18.9 Å². The van der Waals surface area contributed by atoms with Gasteiger partial charge in [0, 0.05) is 25.2 Å². The summed E-state index contributed by atoms with van der Waals surface area (Å²) in [5.41, 5.74) is 4.40. The fourth-order valence-electron chi connectivity index (χ4n) is 2.22. The Kier molecular flexibility index (Phi) is 5.46. The summed E-state index contributed by atoms with van der Waals surface area (Å²) in [4.78, 5) is 0. The fraction of sp³-hybridized carbons (Fsp3) is 0.571. The van der Waals surface area contributed by atoms with E-state index in [-0.39, 0.29) is 0 Å². The third-order valence-electron chi connectivity index (χ3n) is 3.29. The molecule has 0 saturated carbocycles. The molecule has 1 N–H and O–H groups in total. The summed E-state index contributed by atoms with van der Waals surface area (Å²) in [6, 6.07) is 3.87. The molecule has 0 atom stereocenters. The van der Waals surface area contributed by atoms with Crippen LogP contribution in [0.4, 0.5) is 0 Å². The Morgan fingerprint density at radius 2 is 1.75 bits per heavy atom. The van der Waals surface area contributed by atoms with Gasteiger partial charge in [-0.3, -0.25) is 5.43 Å². The summed E-state index contributed by atoms with van der Waals surface area (Å²) in [6.45, 7) is 3.96. The van der Waals surface area contributed by atoms with Crippen molar-refractivity contribution >= 4 is 0 Å². The maximum atomic E-state index is 5.46. The number of nitrogens with one attached hydrogen (secondary N) is 1. The number of ether oxygens (including phenoxy) is 4. The minimum absolute atomic E-state index is 0.622. The Hall–Kier alpha value is -1.50. The molecule has 0 aromatic heterocycles. The van der Waals surface area contributed by atoms with E-state index in [9.17, 15) is 0 Å². The summed E-state index contributed by atoms with van der Waals surface area (Å²) in [6.07, 6.45) is 0. The molecule has 0 spiro atoms. The molecule has 112 valence electrons. The van der Waals surface area contributed by atoms with Gasteiger partial charge in [0.15, 0.2) is 11.5 Å². The van der Waals surface area contributed by atoms with Gasteiger partial charge in [-0.15, -0.1) is 0 Å². The molecule has 0 unspecified atom stereocenters. The molecule has 6 nitrogen and oxygen atoms in total. The van der Waals surface area contributed by atoms with Crippen LogP contribution in [-0.2, 0) is 11.3 Å². The van der Waals surface area contributed by atoms with E-state index >= 15 is 0 Å². The lowest BCUT2D eigenvalue weighted by molar-refractivity contribution is 0.0104. The summed E-state index contributed by atoms with van der Waals surface area (Å²) in [7, 11) is 4.86. The minimum atomic E-state index is 0.622. The number of rotatable bonds is 6. The molecule has 1 heterocycles. The van der Waals surface area contributed by atoms with Crippen LogP contribution in [0.2, 0.25) is 0 Å². The van der Waals surface area contributed by atoms with Crippen molar-refractivity contribution in [3.8, 4) is 17.2 Å². The average Bonchev–Trinajstić information content (AvgIpc) is 2.52. The second-order valence-corrected chi connectivity index (χ2v) is 4.43. The van der Waals surface area contributed by atoms with E-state index in [1.165, 1.54) is 0 Å². The van der Waals surface area contributed by atoms with Crippen LogP contribution >= 0.6 is 0 Å². The molecule has 0 amide bonds. The van der Waals surface area contributed by atoms with Gasteiger partial charge in [-0.1, -0.05) is 6.07 Å². The van der Waals surface area contributed by atoms with E-state index in [2.05, 4.69) is 10.4 Å². The first kappa shape index (κ1) is 14.9. The number of methoxy groups -OCH3 is 3. The molecule has 0 bridgehead atoms. The molecular weight excluding hydrogens is 260 g/mol. The first-order chi connectivity index (χ1) is 9.80. The molecule has 0 radical (unpaired) electrons. The monoisotopic (exact) mass is 282 g/mol. The van der Waals surface area contributed by atoms with Crippen LogP contribution in [0.15, 0.2) is 12.1 Å². The lowest BCUT2D eigenvalue weighted by Crippen LogP contribution is -2.45.